The predicted molar refractivity (Wildman–Crippen MR) is 76.5 cm³/mol. The number of carbonyl (C=O) groups excluding carboxylic acids is 1. The summed E-state index contributed by atoms with van der Waals surface area (Å²) in [6.07, 6.45) is 3.85. The molecule has 5 heteroatoms. The molecule has 0 spiro atoms. The molecule has 0 bridgehead atoms. The number of pyridine rings is 1. The molecule has 2 unspecified atom stereocenters. The number of rotatable bonds is 4. The maximum atomic E-state index is 11.6. The number of anilines is 1. The third kappa shape index (κ3) is 2.93. The van der Waals surface area contributed by atoms with Gasteiger partial charge in [0.2, 0.25) is 0 Å². The number of carbonyl (C=O) groups is 1. The van der Waals surface area contributed by atoms with Gasteiger partial charge in [0.1, 0.15) is 11.9 Å². The van der Waals surface area contributed by atoms with Crippen LogP contribution in [-0.4, -0.2) is 48.1 Å². The van der Waals surface area contributed by atoms with Gasteiger partial charge in [-0.15, -0.1) is 0 Å². The molecule has 0 amide bonds. The minimum Gasteiger partial charge on any atom is -0.464 e. The van der Waals surface area contributed by atoms with Crippen LogP contribution in [0.15, 0.2) is 18.3 Å². The lowest BCUT2D eigenvalue weighted by Gasteiger charge is -2.20. The molecule has 2 aliphatic rings. The van der Waals surface area contributed by atoms with Crippen LogP contribution < -0.4 is 5.32 Å². The lowest BCUT2D eigenvalue weighted by Crippen LogP contribution is -2.37. The molecule has 2 atom stereocenters. The van der Waals surface area contributed by atoms with Gasteiger partial charge in [0.05, 0.1) is 6.61 Å². The third-order valence-corrected chi connectivity index (χ3v) is 4.15. The smallest absolute Gasteiger partial charge is 0.323 e. The van der Waals surface area contributed by atoms with Crippen molar-refractivity contribution in [3.05, 3.63) is 23.9 Å². The molecule has 5 nitrogen and oxygen atoms in total. The van der Waals surface area contributed by atoms with E-state index in [4.69, 9.17) is 4.74 Å². The Morgan fingerprint density at radius 1 is 1.45 bits per heavy atom. The van der Waals surface area contributed by atoms with E-state index in [1.165, 1.54) is 5.56 Å². The highest BCUT2D eigenvalue weighted by Crippen LogP contribution is 2.23. The molecular weight excluding hydrogens is 254 g/mol. The van der Waals surface area contributed by atoms with Gasteiger partial charge in [0.15, 0.2) is 0 Å². The molecule has 0 aliphatic carbocycles. The Morgan fingerprint density at radius 2 is 2.35 bits per heavy atom. The molecule has 0 saturated carbocycles. The summed E-state index contributed by atoms with van der Waals surface area (Å²) in [7, 11) is 0. The number of nitrogens with zero attached hydrogens (tertiary/aromatic N) is 2. The second kappa shape index (κ2) is 5.79. The number of likely N-dealkylation sites (tertiary alicyclic amines) is 1. The molecule has 108 valence electrons. The van der Waals surface area contributed by atoms with Crippen LogP contribution in [0.2, 0.25) is 0 Å². The Bertz CT molecular complexity index is 475. The molecule has 0 radical (unpaired) electrons. The largest absolute Gasteiger partial charge is 0.464 e. The maximum Gasteiger partial charge on any atom is 0.323 e. The Hall–Kier alpha value is -1.62. The number of aryl methyl sites for hydroxylation is 1. The fourth-order valence-corrected chi connectivity index (χ4v) is 2.95. The van der Waals surface area contributed by atoms with Gasteiger partial charge in [0, 0.05) is 25.7 Å². The van der Waals surface area contributed by atoms with Crippen LogP contribution in [0, 0.1) is 12.8 Å². The second-order valence-electron chi connectivity index (χ2n) is 5.72. The quantitative estimate of drug-likeness (QED) is 0.843. The van der Waals surface area contributed by atoms with Crippen molar-refractivity contribution in [3.8, 4) is 0 Å². The van der Waals surface area contributed by atoms with Gasteiger partial charge in [-0.1, -0.05) is 6.07 Å². The van der Waals surface area contributed by atoms with Crippen molar-refractivity contribution < 1.29 is 9.53 Å². The van der Waals surface area contributed by atoms with Gasteiger partial charge in [-0.05, 0) is 37.4 Å². The summed E-state index contributed by atoms with van der Waals surface area (Å²) in [6.45, 7) is 5.49. The van der Waals surface area contributed by atoms with Gasteiger partial charge in [0.25, 0.3) is 0 Å². The first-order chi connectivity index (χ1) is 9.72. The number of aromatic nitrogens is 1. The van der Waals surface area contributed by atoms with Crippen LogP contribution in [0.25, 0.3) is 0 Å². The molecule has 1 aromatic rings. The predicted octanol–water partition coefficient (Wildman–Crippen LogP) is 1.44. The Kier molecular flexibility index (Phi) is 3.87. The first-order valence-corrected chi connectivity index (χ1v) is 7.29. The van der Waals surface area contributed by atoms with E-state index >= 15 is 0 Å². The topological polar surface area (TPSA) is 54.5 Å². The summed E-state index contributed by atoms with van der Waals surface area (Å²) < 4.78 is 5.05. The second-order valence-corrected chi connectivity index (χ2v) is 5.72. The number of hydrogen-bond acceptors (Lipinski definition) is 5. The van der Waals surface area contributed by atoms with Gasteiger partial charge in [-0.2, -0.15) is 0 Å². The molecule has 3 heterocycles. The average molecular weight is 275 g/mol. The van der Waals surface area contributed by atoms with Crippen LogP contribution in [0.3, 0.4) is 0 Å². The van der Waals surface area contributed by atoms with Crippen molar-refractivity contribution in [2.75, 3.05) is 31.6 Å². The SMILES string of the molecule is Cc1ccc(NCC2CCN(C3CCOC3=O)C2)nc1. The summed E-state index contributed by atoms with van der Waals surface area (Å²) in [6, 6.07) is 4.07. The van der Waals surface area contributed by atoms with E-state index in [1.807, 2.05) is 19.2 Å². The number of nitrogens with one attached hydrogen (secondary N) is 1. The molecule has 3 rings (SSSR count). The Labute approximate surface area is 119 Å². The normalized spacial score (nSPS) is 26.8. The van der Waals surface area contributed by atoms with E-state index < -0.39 is 0 Å². The summed E-state index contributed by atoms with van der Waals surface area (Å²) in [4.78, 5) is 18.2. The highest BCUT2D eigenvalue weighted by atomic mass is 16.5. The molecule has 1 N–H and O–H groups in total. The Balaban J connectivity index is 1.48. The summed E-state index contributed by atoms with van der Waals surface area (Å²) in [5, 5.41) is 3.38. The number of cyclic esters (lactones) is 1. The maximum absolute atomic E-state index is 11.6. The first kappa shape index (κ1) is 13.4. The van der Waals surface area contributed by atoms with Gasteiger partial charge in [-0.25, -0.2) is 4.98 Å². The number of ether oxygens (including phenoxy) is 1. The number of esters is 1. The zero-order valence-electron chi connectivity index (χ0n) is 11.8. The zero-order valence-corrected chi connectivity index (χ0v) is 11.8. The standard InChI is InChI=1S/C15H21N3O2/c1-11-2-3-14(16-8-11)17-9-12-4-6-18(10-12)13-5-7-20-15(13)19/h2-3,8,12-13H,4-7,9-10H2,1H3,(H,16,17). The Morgan fingerprint density at radius 3 is 3.05 bits per heavy atom. The van der Waals surface area contributed by atoms with Gasteiger partial charge >= 0.3 is 5.97 Å². The zero-order chi connectivity index (χ0) is 13.9. The van der Waals surface area contributed by atoms with E-state index in [1.54, 1.807) is 0 Å². The molecule has 2 fully saturated rings. The van der Waals surface area contributed by atoms with Crippen LogP contribution in [0.1, 0.15) is 18.4 Å². The molecule has 2 saturated heterocycles. The van der Waals surface area contributed by atoms with Crippen molar-refractivity contribution in [3.63, 3.8) is 0 Å². The van der Waals surface area contributed by atoms with Crippen LogP contribution >= 0.6 is 0 Å². The van der Waals surface area contributed by atoms with E-state index in [0.717, 1.165) is 38.3 Å². The number of hydrogen-bond donors (Lipinski definition) is 1. The van der Waals surface area contributed by atoms with Crippen molar-refractivity contribution >= 4 is 11.8 Å². The molecule has 2 aliphatic heterocycles. The lowest BCUT2D eigenvalue weighted by molar-refractivity contribution is -0.142. The van der Waals surface area contributed by atoms with Crippen molar-refractivity contribution in [2.24, 2.45) is 5.92 Å². The third-order valence-electron chi connectivity index (χ3n) is 4.15. The minimum atomic E-state index is -0.0428. The molecule has 0 aromatic carbocycles. The molecule has 1 aromatic heterocycles. The highest BCUT2D eigenvalue weighted by Gasteiger charge is 2.36. The van der Waals surface area contributed by atoms with Crippen molar-refractivity contribution in [1.29, 1.82) is 0 Å². The van der Waals surface area contributed by atoms with E-state index in [2.05, 4.69) is 21.3 Å². The average Bonchev–Trinajstić information content (AvgIpc) is 3.06. The van der Waals surface area contributed by atoms with Crippen molar-refractivity contribution in [1.82, 2.24) is 9.88 Å². The van der Waals surface area contributed by atoms with Crippen LogP contribution in [0.5, 0.6) is 0 Å². The molecule has 20 heavy (non-hydrogen) atoms. The monoisotopic (exact) mass is 275 g/mol. The fraction of sp³-hybridized carbons (Fsp3) is 0.600. The highest BCUT2D eigenvalue weighted by molar-refractivity contribution is 5.77. The van der Waals surface area contributed by atoms with E-state index in [9.17, 15) is 4.79 Å². The summed E-state index contributed by atoms with van der Waals surface area (Å²) in [5.41, 5.74) is 1.17. The summed E-state index contributed by atoms with van der Waals surface area (Å²) >= 11 is 0. The van der Waals surface area contributed by atoms with Gasteiger partial charge < -0.3 is 10.1 Å². The van der Waals surface area contributed by atoms with E-state index in [-0.39, 0.29) is 12.0 Å². The fourth-order valence-electron chi connectivity index (χ4n) is 2.95. The minimum absolute atomic E-state index is 0.00231. The molecular formula is C15H21N3O2. The van der Waals surface area contributed by atoms with Gasteiger partial charge in [-0.3, -0.25) is 9.69 Å². The van der Waals surface area contributed by atoms with Crippen molar-refractivity contribution in [2.45, 2.75) is 25.8 Å². The van der Waals surface area contributed by atoms with E-state index in [0.29, 0.717) is 12.5 Å². The van der Waals surface area contributed by atoms with Crippen LogP contribution in [0.4, 0.5) is 5.82 Å². The summed E-state index contributed by atoms with van der Waals surface area (Å²) in [5.74, 6) is 1.46. The first-order valence-electron chi connectivity index (χ1n) is 7.29. The lowest BCUT2D eigenvalue weighted by atomic mass is 10.1. The van der Waals surface area contributed by atoms with Crippen LogP contribution in [-0.2, 0) is 9.53 Å².